The third kappa shape index (κ3) is 4.58. The van der Waals surface area contributed by atoms with Crippen molar-refractivity contribution in [2.24, 2.45) is 0 Å². The second-order valence-corrected chi connectivity index (χ2v) is 6.80. The van der Waals surface area contributed by atoms with Crippen LogP contribution in [0.1, 0.15) is 19.4 Å². The van der Waals surface area contributed by atoms with Gasteiger partial charge in [-0.1, -0.05) is 42.1 Å². The van der Waals surface area contributed by atoms with Gasteiger partial charge in [0, 0.05) is 19.2 Å². The number of amides is 1. The van der Waals surface area contributed by atoms with Crippen molar-refractivity contribution in [2.45, 2.75) is 25.5 Å². The quantitative estimate of drug-likeness (QED) is 0.607. The number of ether oxygens (including phenoxy) is 1. The molecule has 0 bridgehead atoms. The van der Waals surface area contributed by atoms with Gasteiger partial charge in [0.25, 0.3) is 0 Å². The zero-order chi connectivity index (χ0) is 18.4. The van der Waals surface area contributed by atoms with E-state index in [0.29, 0.717) is 25.4 Å². The molecule has 6 heteroatoms. The van der Waals surface area contributed by atoms with Crippen molar-refractivity contribution in [1.29, 1.82) is 0 Å². The molecule has 26 heavy (non-hydrogen) atoms. The van der Waals surface area contributed by atoms with Gasteiger partial charge in [-0.3, -0.25) is 4.79 Å². The third-order valence-corrected chi connectivity index (χ3v) is 4.88. The van der Waals surface area contributed by atoms with Crippen LogP contribution in [0.15, 0.2) is 53.7 Å². The zero-order valence-electron chi connectivity index (χ0n) is 15.1. The van der Waals surface area contributed by atoms with Crippen LogP contribution in [0.4, 0.5) is 0 Å². The molecular formula is C20H23N3O2S. The van der Waals surface area contributed by atoms with Crippen molar-refractivity contribution in [1.82, 2.24) is 14.9 Å². The first kappa shape index (κ1) is 18.3. The fourth-order valence-corrected chi connectivity index (χ4v) is 3.48. The summed E-state index contributed by atoms with van der Waals surface area (Å²) in [5, 5.41) is 0.748. The molecule has 3 rings (SSSR count). The Morgan fingerprint density at radius 3 is 2.73 bits per heavy atom. The summed E-state index contributed by atoms with van der Waals surface area (Å²) in [6.45, 7) is 5.91. The summed E-state index contributed by atoms with van der Waals surface area (Å²) in [6, 6.07) is 15.8. The van der Waals surface area contributed by atoms with E-state index in [1.54, 1.807) is 0 Å². The number of rotatable bonds is 8. The molecule has 0 spiro atoms. The first-order valence-electron chi connectivity index (χ1n) is 8.76. The Bertz CT molecular complexity index is 864. The number of fused-ring (bicyclic) bond motifs is 1. The molecule has 1 amide bonds. The van der Waals surface area contributed by atoms with Crippen LogP contribution in [0, 0.1) is 0 Å². The Morgan fingerprint density at radius 1 is 1.19 bits per heavy atom. The van der Waals surface area contributed by atoms with Crippen LogP contribution in [0.2, 0.25) is 0 Å². The molecule has 2 aromatic carbocycles. The molecule has 0 fully saturated rings. The lowest BCUT2D eigenvalue weighted by Gasteiger charge is -2.20. The van der Waals surface area contributed by atoms with E-state index in [-0.39, 0.29) is 5.91 Å². The first-order valence-corrected chi connectivity index (χ1v) is 9.75. The number of carbonyl (C=O) groups excluding carboxylic acids is 1. The van der Waals surface area contributed by atoms with Crippen molar-refractivity contribution >= 4 is 28.7 Å². The minimum Gasteiger partial charge on any atom is -0.494 e. The molecule has 3 aromatic rings. The van der Waals surface area contributed by atoms with E-state index in [2.05, 4.69) is 9.97 Å². The molecule has 0 unspecified atom stereocenters. The smallest absolute Gasteiger partial charge is 0.233 e. The number of benzene rings is 2. The van der Waals surface area contributed by atoms with E-state index >= 15 is 0 Å². The second kappa shape index (κ2) is 8.76. The summed E-state index contributed by atoms with van der Waals surface area (Å²) < 4.78 is 5.51. The Kier molecular flexibility index (Phi) is 6.17. The van der Waals surface area contributed by atoms with Gasteiger partial charge in [-0.05, 0) is 31.5 Å². The average molecular weight is 369 g/mol. The highest BCUT2D eigenvalue weighted by Gasteiger charge is 2.14. The number of hydrogen-bond donors (Lipinski definition) is 1. The number of aromatic nitrogens is 2. The van der Waals surface area contributed by atoms with Crippen LogP contribution in [0.5, 0.6) is 5.75 Å². The van der Waals surface area contributed by atoms with E-state index in [1.807, 2.05) is 67.3 Å². The summed E-state index contributed by atoms with van der Waals surface area (Å²) in [6.07, 6.45) is 0. The van der Waals surface area contributed by atoms with Crippen LogP contribution in [-0.2, 0) is 11.3 Å². The Morgan fingerprint density at radius 2 is 2.00 bits per heavy atom. The minimum atomic E-state index is 0.108. The SMILES string of the molecule is CCOc1ccc2nc(SCC(=O)N(CC)Cc3ccccc3)[nH]c2c1. The second-order valence-electron chi connectivity index (χ2n) is 5.84. The highest BCUT2D eigenvalue weighted by Crippen LogP contribution is 2.23. The average Bonchev–Trinajstić information content (AvgIpc) is 3.07. The van der Waals surface area contributed by atoms with Crippen LogP contribution >= 0.6 is 11.8 Å². The van der Waals surface area contributed by atoms with E-state index in [0.717, 1.165) is 27.5 Å². The van der Waals surface area contributed by atoms with Gasteiger partial charge in [-0.2, -0.15) is 0 Å². The lowest BCUT2D eigenvalue weighted by molar-refractivity contribution is -0.128. The van der Waals surface area contributed by atoms with Crippen molar-refractivity contribution in [3.63, 3.8) is 0 Å². The van der Waals surface area contributed by atoms with Gasteiger partial charge in [0.1, 0.15) is 5.75 Å². The largest absolute Gasteiger partial charge is 0.494 e. The van der Waals surface area contributed by atoms with Gasteiger partial charge in [-0.25, -0.2) is 4.98 Å². The van der Waals surface area contributed by atoms with E-state index in [9.17, 15) is 4.79 Å². The van der Waals surface area contributed by atoms with Crippen molar-refractivity contribution in [3.05, 3.63) is 54.1 Å². The number of carbonyl (C=O) groups is 1. The maximum absolute atomic E-state index is 12.5. The molecule has 0 radical (unpaired) electrons. The lowest BCUT2D eigenvalue weighted by Crippen LogP contribution is -2.31. The van der Waals surface area contributed by atoms with Gasteiger partial charge in [-0.15, -0.1) is 0 Å². The zero-order valence-corrected chi connectivity index (χ0v) is 15.9. The predicted octanol–water partition coefficient (Wildman–Crippen LogP) is 4.10. The maximum Gasteiger partial charge on any atom is 0.233 e. The lowest BCUT2D eigenvalue weighted by atomic mass is 10.2. The van der Waals surface area contributed by atoms with Crippen molar-refractivity contribution < 1.29 is 9.53 Å². The maximum atomic E-state index is 12.5. The number of aromatic amines is 1. The number of nitrogens with one attached hydrogen (secondary N) is 1. The van der Waals surface area contributed by atoms with E-state index < -0.39 is 0 Å². The third-order valence-electron chi connectivity index (χ3n) is 4.03. The molecule has 0 saturated heterocycles. The predicted molar refractivity (Wildman–Crippen MR) is 106 cm³/mol. The molecule has 1 heterocycles. The van der Waals surface area contributed by atoms with Crippen molar-refractivity contribution in [2.75, 3.05) is 18.9 Å². The van der Waals surface area contributed by atoms with Crippen LogP contribution in [-0.4, -0.2) is 39.7 Å². The summed E-state index contributed by atoms with van der Waals surface area (Å²) in [7, 11) is 0. The molecule has 136 valence electrons. The van der Waals surface area contributed by atoms with Gasteiger partial charge in [0.2, 0.25) is 5.91 Å². The molecule has 1 N–H and O–H groups in total. The van der Waals surface area contributed by atoms with E-state index in [1.165, 1.54) is 11.8 Å². The topological polar surface area (TPSA) is 58.2 Å². The van der Waals surface area contributed by atoms with Crippen LogP contribution < -0.4 is 4.74 Å². The Balaban J connectivity index is 1.61. The number of hydrogen-bond acceptors (Lipinski definition) is 4. The van der Waals surface area contributed by atoms with Gasteiger partial charge in [0.15, 0.2) is 5.16 Å². The first-order chi connectivity index (χ1) is 12.7. The van der Waals surface area contributed by atoms with Gasteiger partial charge in [0.05, 0.1) is 23.4 Å². The fourth-order valence-electron chi connectivity index (χ4n) is 2.69. The molecule has 5 nitrogen and oxygen atoms in total. The van der Waals surface area contributed by atoms with Gasteiger partial charge < -0.3 is 14.6 Å². The fraction of sp³-hybridized carbons (Fsp3) is 0.300. The molecule has 0 saturated carbocycles. The number of imidazole rings is 1. The summed E-state index contributed by atoms with van der Waals surface area (Å²) >= 11 is 1.43. The Hall–Kier alpha value is -2.47. The molecule has 0 aliphatic carbocycles. The molecule has 0 aliphatic rings. The summed E-state index contributed by atoms with van der Waals surface area (Å²) in [5.74, 6) is 1.28. The Labute approximate surface area is 157 Å². The van der Waals surface area contributed by atoms with Crippen molar-refractivity contribution in [3.8, 4) is 5.75 Å². The number of H-pyrrole nitrogens is 1. The van der Waals surface area contributed by atoms with Gasteiger partial charge >= 0.3 is 0 Å². The molecule has 0 aliphatic heterocycles. The standard InChI is InChI=1S/C20H23N3O2S/c1-3-23(13-15-8-6-5-7-9-15)19(24)14-26-20-21-17-11-10-16(25-4-2)12-18(17)22-20/h5-12H,3-4,13-14H2,1-2H3,(H,21,22). The monoisotopic (exact) mass is 369 g/mol. The molecule has 0 atom stereocenters. The summed E-state index contributed by atoms with van der Waals surface area (Å²) in [4.78, 5) is 22.2. The van der Waals surface area contributed by atoms with Crippen LogP contribution in [0.25, 0.3) is 11.0 Å². The van der Waals surface area contributed by atoms with Crippen LogP contribution in [0.3, 0.4) is 0 Å². The highest BCUT2D eigenvalue weighted by molar-refractivity contribution is 7.99. The number of nitrogens with zero attached hydrogens (tertiary/aromatic N) is 2. The summed E-state index contributed by atoms with van der Waals surface area (Å²) in [5.41, 5.74) is 2.93. The molecular weight excluding hydrogens is 346 g/mol. The number of thioether (sulfide) groups is 1. The molecule has 1 aromatic heterocycles. The normalized spacial score (nSPS) is 10.8. The van der Waals surface area contributed by atoms with E-state index in [4.69, 9.17) is 4.74 Å². The highest BCUT2D eigenvalue weighted by atomic mass is 32.2. The minimum absolute atomic E-state index is 0.108.